The first-order valence-corrected chi connectivity index (χ1v) is 4.19. The van der Waals surface area contributed by atoms with E-state index in [-0.39, 0.29) is 5.91 Å². The Bertz CT molecular complexity index is 344. The Hall–Kier alpha value is -1.97. The number of hydrogen-bond donors (Lipinski definition) is 1. The highest BCUT2D eigenvalue weighted by Gasteiger charge is 2.01. The molecule has 0 saturated heterocycles. The van der Waals surface area contributed by atoms with Gasteiger partial charge in [0.15, 0.2) is 0 Å². The second-order valence-corrected chi connectivity index (χ2v) is 2.49. The van der Waals surface area contributed by atoms with Crippen LogP contribution in [-0.4, -0.2) is 17.1 Å². The number of nitrogens with zero attached hydrogens (tertiary/aromatic N) is 2. The highest BCUT2D eigenvalue weighted by Crippen LogP contribution is 1.94. The Kier molecular flexibility index (Phi) is 4.07. The first-order valence-electron chi connectivity index (χ1n) is 4.19. The Labute approximate surface area is 82.4 Å². The number of nitrogens with one attached hydrogen (secondary N) is 1. The number of hydrazone groups is 1. The molecule has 0 spiro atoms. The van der Waals surface area contributed by atoms with Crippen molar-refractivity contribution in [2.75, 3.05) is 0 Å². The van der Waals surface area contributed by atoms with Crippen LogP contribution in [0.15, 0.2) is 41.8 Å². The lowest BCUT2D eigenvalue weighted by molar-refractivity contribution is 0.0955. The van der Waals surface area contributed by atoms with E-state index >= 15 is 0 Å². The summed E-state index contributed by atoms with van der Waals surface area (Å²) in [4.78, 5) is 15.1. The summed E-state index contributed by atoms with van der Waals surface area (Å²) >= 11 is 0. The Balaban J connectivity index is 2.52. The van der Waals surface area contributed by atoms with Crippen LogP contribution in [0.5, 0.6) is 0 Å². The van der Waals surface area contributed by atoms with Crippen molar-refractivity contribution >= 4 is 12.1 Å². The molecule has 0 aromatic carbocycles. The maximum absolute atomic E-state index is 11.3. The minimum absolute atomic E-state index is 0.265. The molecule has 1 aromatic rings. The van der Waals surface area contributed by atoms with Gasteiger partial charge < -0.3 is 0 Å². The molecular formula is C10H11N3O. The highest BCUT2D eigenvalue weighted by atomic mass is 16.2. The van der Waals surface area contributed by atoms with E-state index in [1.807, 2.05) is 13.0 Å². The average molecular weight is 189 g/mol. The van der Waals surface area contributed by atoms with Crippen LogP contribution in [0.25, 0.3) is 0 Å². The summed E-state index contributed by atoms with van der Waals surface area (Å²) in [5.74, 6) is -0.265. The molecule has 4 nitrogen and oxygen atoms in total. The van der Waals surface area contributed by atoms with Crippen molar-refractivity contribution < 1.29 is 4.79 Å². The molecule has 0 atom stereocenters. The van der Waals surface area contributed by atoms with E-state index in [1.54, 1.807) is 24.4 Å². The van der Waals surface area contributed by atoms with Crippen molar-refractivity contribution in [1.82, 2.24) is 10.4 Å². The number of aromatic nitrogens is 1. The minimum atomic E-state index is -0.265. The fourth-order valence-corrected chi connectivity index (χ4v) is 0.787. The maximum Gasteiger partial charge on any atom is 0.272 e. The van der Waals surface area contributed by atoms with Gasteiger partial charge in [-0.05, 0) is 25.1 Å². The molecule has 1 N–H and O–H groups in total. The topological polar surface area (TPSA) is 54.4 Å². The quantitative estimate of drug-likeness (QED) is 0.576. The predicted octanol–water partition coefficient (Wildman–Crippen LogP) is 1.37. The van der Waals surface area contributed by atoms with Gasteiger partial charge in [-0.2, -0.15) is 5.10 Å². The zero-order chi connectivity index (χ0) is 10.2. The number of pyridine rings is 1. The molecular weight excluding hydrogens is 178 g/mol. The molecule has 0 aliphatic rings. The van der Waals surface area contributed by atoms with Crippen molar-refractivity contribution in [3.63, 3.8) is 0 Å². The van der Waals surface area contributed by atoms with Gasteiger partial charge >= 0.3 is 0 Å². The van der Waals surface area contributed by atoms with Crippen LogP contribution in [0.2, 0.25) is 0 Å². The monoisotopic (exact) mass is 189 g/mol. The van der Waals surface area contributed by atoms with Gasteiger partial charge in [-0.15, -0.1) is 0 Å². The number of hydrogen-bond acceptors (Lipinski definition) is 3. The fourth-order valence-electron chi connectivity index (χ4n) is 0.787. The van der Waals surface area contributed by atoms with Crippen molar-refractivity contribution in [2.45, 2.75) is 6.92 Å². The number of carbonyl (C=O) groups excluding carboxylic acids is 1. The van der Waals surface area contributed by atoms with Gasteiger partial charge in [-0.3, -0.25) is 9.78 Å². The first kappa shape index (κ1) is 10.1. The summed E-state index contributed by atoms with van der Waals surface area (Å²) < 4.78 is 0. The zero-order valence-electron chi connectivity index (χ0n) is 7.84. The molecule has 0 bridgehead atoms. The van der Waals surface area contributed by atoms with Crippen molar-refractivity contribution in [1.29, 1.82) is 0 Å². The summed E-state index contributed by atoms with van der Waals surface area (Å²) in [6.45, 7) is 1.87. The fraction of sp³-hybridized carbons (Fsp3) is 0.100. The van der Waals surface area contributed by atoms with Crippen LogP contribution in [0.4, 0.5) is 0 Å². The Morgan fingerprint density at radius 2 is 2.50 bits per heavy atom. The number of rotatable bonds is 3. The second-order valence-electron chi connectivity index (χ2n) is 2.49. The van der Waals surface area contributed by atoms with E-state index in [4.69, 9.17) is 0 Å². The van der Waals surface area contributed by atoms with Crippen LogP contribution in [0, 0.1) is 0 Å². The molecule has 4 heteroatoms. The summed E-state index contributed by atoms with van der Waals surface area (Å²) in [7, 11) is 0. The molecule has 0 aliphatic heterocycles. The van der Waals surface area contributed by atoms with Gasteiger partial charge in [0.05, 0.1) is 5.56 Å². The third kappa shape index (κ3) is 3.18. The van der Waals surface area contributed by atoms with Gasteiger partial charge in [-0.1, -0.05) is 6.08 Å². The molecule has 1 amide bonds. The number of amides is 1. The smallest absolute Gasteiger partial charge is 0.267 e. The Morgan fingerprint density at radius 3 is 3.14 bits per heavy atom. The lowest BCUT2D eigenvalue weighted by Gasteiger charge is -1.96. The lowest BCUT2D eigenvalue weighted by Crippen LogP contribution is -2.17. The third-order valence-corrected chi connectivity index (χ3v) is 1.44. The predicted molar refractivity (Wildman–Crippen MR) is 55.0 cm³/mol. The van der Waals surface area contributed by atoms with Gasteiger partial charge in [-0.25, -0.2) is 5.43 Å². The molecule has 0 aliphatic carbocycles. The molecule has 0 radical (unpaired) electrons. The van der Waals surface area contributed by atoms with Gasteiger partial charge in [0.1, 0.15) is 0 Å². The zero-order valence-corrected chi connectivity index (χ0v) is 7.84. The summed E-state index contributed by atoms with van der Waals surface area (Å²) in [5, 5.41) is 3.70. The molecule has 1 heterocycles. The van der Waals surface area contributed by atoms with E-state index in [2.05, 4.69) is 15.5 Å². The first-order chi connectivity index (χ1) is 6.84. The van der Waals surface area contributed by atoms with E-state index < -0.39 is 0 Å². The number of carbonyl (C=O) groups is 1. The normalized spacial score (nSPS) is 10.9. The van der Waals surface area contributed by atoms with E-state index in [9.17, 15) is 4.79 Å². The second kappa shape index (κ2) is 5.64. The molecule has 0 saturated carbocycles. The summed E-state index contributed by atoms with van der Waals surface area (Å²) in [5.41, 5.74) is 2.86. The van der Waals surface area contributed by atoms with Crippen molar-refractivity contribution in [3.8, 4) is 0 Å². The van der Waals surface area contributed by atoms with Crippen molar-refractivity contribution in [2.24, 2.45) is 5.10 Å². The van der Waals surface area contributed by atoms with Crippen molar-refractivity contribution in [3.05, 3.63) is 42.2 Å². The largest absolute Gasteiger partial charge is 0.272 e. The minimum Gasteiger partial charge on any atom is -0.267 e. The van der Waals surface area contributed by atoms with Crippen LogP contribution in [0.3, 0.4) is 0 Å². The van der Waals surface area contributed by atoms with Crippen LogP contribution < -0.4 is 5.43 Å². The molecule has 72 valence electrons. The van der Waals surface area contributed by atoms with Crippen LogP contribution >= 0.6 is 0 Å². The van der Waals surface area contributed by atoms with E-state index in [1.165, 1.54) is 12.4 Å². The number of allylic oxidation sites excluding steroid dienone is 2. The molecule has 1 rings (SSSR count). The molecule has 1 aromatic heterocycles. The standard InChI is InChI=1S/C10H11N3O/c1-2-3-7-12-13-10(14)9-5-4-6-11-8-9/h2-8H,1H3,(H,13,14)/b3-2+,12-7?. The maximum atomic E-state index is 11.3. The van der Waals surface area contributed by atoms with E-state index in [0.29, 0.717) is 5.56 Å². The van der Waals surface area contributed by atoms with Crippen LogP contribution in [0.1, 0.15) is 17.3 Å². The third-order valence-electron chi connectivity index (χ3n) is 1.44. The van der Waals surface area contributed by atoms with Gasteiger partial charge in [0.25, 0.3) is 5.91 Å². The lowest BCUT2D eigenvalue weighted by atomic mass is 10.3. The molecule has 0 unspecified atom stereocenters. The van der Waals surface area contributed by atoms with Crippen LogP contribution in [-0.2, 0) is 0 Å². The summed E-state index contributed by atoms with van der Waals surface area (Å²) in [6, 6.07) is 3.37. The Morgan fingerprint density at radius 1 is 1.64 bits per heavy atom. The van der Waals surface area contributed by atoms with Gasteiger partial charge in [0.2, 0.25) is 0 Å². The van der Waals surface area contributed by atoms with Gasteiger partial charge in [0, 0.05) is 18.6 Å². The SMILES string of the molecule is C/C=C/C=NNC(=O)c1cccnc1. The van der Waals surface area contributed by atoms with E-state index in [0.717, 1.165) is 0 Å². The summed E-state index contributed by atoms with van der Waals surface area (Å²) in [6.07, 6.45) is 8.15. The highest BCUT2D eigenvalue weighted by molar-refractivity contribution is 5.94. The average Bonchev–Trinajstić information content (AvgIpc) is 2.25. The molecule has 14 heavy (non-hydrogen) atoms. The molecule has 0 fully saturated rings.